The predicted octanol–water partition coefficient (Wildman–Crippen LogP) is 3.21. The predicted molar refractivity (Wildman–Crippen MR) is 74.4 cm³/mol. The van der Waals surface area contributed by atoms with E-state index in [-0.39, 0.29) is 5.91 Å². The average molecular weight is 267 g/mol. The number of likely N-dealkylation sites (tertiary alicyclic amines) is 1. The normalized spacial score (nSPS) is 17.4. The summed E-state index contributed by atoms with van der Waals surface area (Å²) in [5, 5.41) is 0.680. The van der Waals surface area contributed by atoms with Gasteiger partial charge in [0.05, 0.1) is 0 Å². The summed E-state index contributed by atoms with van der Waals surface area (Å²) >= 11 is 6.14. The fraction of sp³-hybridized carbons (Fsp3) is 0.500. The zero-order valence-corrected chi connectivity index (χ0v) is 11.2. The molecule has 1 aliphatic heterocycles. The smallest absolute Gasteiger partial charge is 0.222 e. The molecule has 1 amide bonds. The number of carbonyl (C=O) groups excluding carboxylic acids is 1. The van der Waals surface area contributed by atoms with Gasteiger partial charge in [0.2, 0.25) is 5.91 Å². The molecule has 1 fully saturated rings. The van der Waals surface area contributed by atoms with Gasteiger partial charge in [0.25, 0.3) is 0 Å². The lowest BCUT2D eigenvalue weighted by Gasteiger charge is -2.25. The Hall–Kier alpha value is -1.22. The molecule has 4 heteroatoms. The molecule has 18 heavy (non-hydrogen) atoms. The molecule has 0 unspecified atom stereocenters. The Morgan fingerprint density at radius 3 is 2.83 bits per heavy atom. The number of nitrogens with zero attached hydrogens (tertiary/aromatic N) is 1. The van der Waals surface area contributed by atoms with Crippen molar-refractivity contribution in [1.82, 2.24) is 4.90 Å². The summed E-state index contributed by atoms with van der Waals surface area (Å²) in [5.74, 6) is 0.230. The highest BCUT2D eigenvalue weighted by atomic mass is 35.5. The molecule has 0 atom stereocenters. The minimum atomic E-state index is 0.230. The van der Waals surface area contributed by atoms with E-state index in [9.17, 15) is 4.79 Å². The first kappa shape index (κ1) is 13.2. The summed E-state index contributed by atoms with van der Waals surface area (Å²) in [6.45, 7) is 1.40. The maximum Gasteiger partial charge on any atom is 0.222 e. The van der Waals surface area contributed by atoms with Gasteiger partial charge >= 0.3 is 0 Å². The number of hydrogen-bond donors (Lipinski definition) is 1. The SMILES string of the molecule is Nc1ccc(Cl)c(CN2CCCCCCC2=O)c1. The average Bonchev–Trinajstić information content (AvgIpc) is 2.33. The van der Waals surface area contributed by atoms with Gasteiger partial charge in [0.15, 0.2) is 0 Å². The third kappa shape index (κ3) is 3.39. The van der Waals surface area contributed by atoms with E-state index < -0.39 is 0 Å². The van der Waals surface area contributed by atoms with Crippen LogP contribution in [0.1, 0.15) is 37.7 Å². The molecule has 0 saturated carbocycles. The van der Waals surface area contributed by atoms with E-state index in [2.05, 4.69) is 0 Å². The first-order valence-corrected chi connectivity index (χ1v) is 6.86. The van der Waals surface area contributed by atoms with Crippen LogP contribution >= 0.6 is 11.6 Å². The monoisotopic (exact) mass is 266 g/mol. The summed E-state index contributed by atoms with van der Waals surface area (Å²) in [6, 6.07) is 5.43. The van der Waals surface area contributed by atoms with Crippen molar-refractivity contribution < 1.29 is 4.79 Å². The maximum atomic E-state index is 12.0. The van der Waals surface area contributed by atoms with Gasteiger partial charge in [-0.15, -0.1) is 0 Å². The minimum absolute atomic E-state index is 0.230. The summed E-state index contributed by atoms with van der Waals surface area (Å²) in [6.07, 6.45) is 5.10. The molecule has 98 valence electrons. The van der Waals surface area contributed by atoms with Gasteiger partial charge in [-0.25, -0.2) is 0 Å². The van der Waals surface area contributed by atoms with Gasteiger partial charge in [0, 0.05) is 30.2 Å². The van der Waals surface area contributed by atoms with Gasteiger partial charge in [-0.05, 0) is 36.6 Å². The Morgan fingerprint density at radius 1 is 1.22 bits per heavy atom. The van der Waals surface area contributed by atoms with Crippen LogP contribution in [0.25, 0.3) is 0 Å². The van der Waals surface area contributed by atoms with Crippen molar-refractivity contribution in [1.29, 1.82) is 0 Å². The summed E-state index contributed by atoms with van der Waals surface area (Å²) in [4.78, 5) is 13.9. The van der Waals surface area contributed by atoms with Crippen molar-refractivity contribution in [3.63, 3.8) is 0 Å². The highest BCUT2D eigenvalue weighted by Gasteiger charge is 2.16. The third-order valence-corrected chi connectivity index (χ3v) is 3.72. The third-order valence-electron chi connectivity index (χ3n) is 3.35. The van der Waals surface area contributed by atoms with Gasteiger partial charge in [-0.1, -0.05) is 24.4 Å². The van der Waals surface area contributed by atoms with Crippen LogP contribution in [-0.4, -0.2) is 17.4 Å². The Balaban J connectivity index is 2.10. The number of rotatable bonds is 2. The Labute approximate surface area is 113 Å². The van der Waals surface area contributed by atoms with Crippen molar-refractivity contribution in [2.24, 2.45) is 0 Å². The van der Waals surface area contributed by atoms with Crippen LogP contribution in [0.15, 0.2) is 18.2 Å². The molecule has 1 heterocycles. The number of nitrogen functional groups attached to an aromatic ring is 1. The number of amides is 1. The topological polar surface area (TPSA) is 46.3 Å². The van der Waals surface area contributed by atoms with E-state index >= 15 is 0 Å². The zero-order valence-electron chi connectivity index (χ0n) is 10.5. The lowest BCUT2D eigenvalue weighted by atomic mass is 10.1. The van der Waals surface area contributed by atoms with Crippen LogP contribution < -0.4 is 5.73 Å². The van der Waals surface area contributed by atoms with Crippen LogP contribution in [0.3, 0.4) is 0 Å². The van der Waals surface area contributed by atoms with Gasteiger partial charge < -0.3 is 10.6 Å². The van der Waals surface area contributed by atoms with E-state index in [0.717, 1.165) is 24.9 Å². The quantitative estimate of drug-likeness (QED) is 0.836. The Bertz CT molecular complexity index is 434. The molecule has 1 aliphatic rings. The molecule has 0 spiro atoms. The van der Waals surface area contributed by atoms with Crippen LogP contribution in [0.2, 0.25) is 5.02 Å². The second-order valence-electron chi connectivity index (χ2n) is 4.83. The molecule has 0 aliphatic carbocycles. The van der Waals surface area contributed by atoms with Gasteiger partial charge in [0.1, 0.15) is 0 Å². The number of benzene rings is 1. The minimum Gasteiger partial charge on any atom is -0.399 e. The number of halogens is 1. The molecule has 1 aromatic rings. The van der Waals surface area contributed by atoms with Crippen molar-refractivity contribution in [3.05, 3.63) is 28.8 Å². The number of nitrogens with two attached hydrogens (primary N) is 1. The molecule has 1 aromatic carbocycles. The molecular weight excluding hydrogens is 248 g/mol. The van der Waals surface area contributed by atoms with Gasteiger partial charge in [-0.3, -0.25) is 4.79 Å². The van der Waals surface area contributed by atoms with Crippen LogP contribution in [0, 0.1) is 0 Å². The van der Waals surface area contributed by atoms with Crippen LogP contribution in [0.5, 0.6) is 0 Å². The molecular formula is C14H19ClN2O. The fourth-order valence-corrected chi connectivity index (χ4v) is 2.48. The Kier molecular flexibility index (Phi) is 4.48. The molecule has 2 N–H and O–H groups in total. The van der Waals surface area contributed by atoms with Crippen molar-refractivity contribution in [2.45, 2.75) is 38.6 Å². The van der Waals surface area contributed by atoms with E-state index in [4.69, 9.17) is 17.3 Å². The zero-order chi connectivity index (χ0) is 13.0. The molecule has 0 aromatic heterocycles. The second-order valence-corrected chi connectivity index (χ2v) is 5.24. The largest absolute Gasteiger partial charge is 0.399 e. The van der Waals surface area contributed by atoms with Gasteiger partial charge in [-0.2, -0.15) is 0 Å². The number of hydrogen-bond acceptors (Lipinski definition) is 2. The maximum absolute atomic E-state index is 12.0. The molecule has 2 rings (SSSR count). The number of carbonyl (C=O) groups is 1. The van der Waals surface area contributed by atoms with E-state index in [1.165, 1.54) is 12.8 Å². The van der Waals surface area contributed by atoms with Crippen molar-refractivity contribution >= 4 is 23.2 Å². The first-order valence-electron chi connectivity index (χ1n) is 6.48. The van der Waals surface area contributed by atoms with E-state index in [0.29, 0.717) is 23.7 Å². The lowest BCUT2D eigenvalue weighted by Crippen LogP contribution is -2.32. The summed E-state index contributed by atoms with van der Waals surface area (Å²) < 4.78 is 0. The van der Waals surface area contributed by atoms with Crippen molar-refractivity contribution in [3.8, 4) is 0 Å². The Morgan fingerprint density at radius 2 is 2.00 bits per heavy atom. The summed E-state index contributed by atoms with van der Waals surface area (Å²) in [7, 11) is 0. The molecule has 3 nitrogen and oxygen atoms in total. The highest BCUT2D eigenvalue weighted by Crippen LogP contribution is 2.22. The fourth-order valence-electron chi connectivity index (χ4n) is 2.30. The van der Waals surface area contributed by atoms with Crippen molar-refractivity contribution in [2.75, 3.05) is 12.3 Å². The summed E-state index contributed by atoms with van der Waals surface area (Å²) in [5.41, 5.74) is 7.39. The highest BCUT2D eigenvalue weighted by molar-refractivity contribution is 6.31. The van der Waals surface area contributed by atoms with Crippen LogP contribution in [0.4, 0.5) is 5.69 Å². The molecule has 1 saturated heterocycles. The molecule has 0 radical (unpaired) electrons. The van der Waals surface area contributed by atoms with E-state index in [1.807, 2.05) is 11.0 Å². The molecule has 0 bridgehead atoms. The standard InChI is InChI=1S/C14H19ClN2O/c15-13-7-6-12(16)9-11(13)10-17-8-4-2-1-3-5-14(17)18/h6-7,9H,1-5,8,10,16H2. The lowest BCUT2D eigenvalue weighted by molar-refractivity contribution is -0.132. The second kappa shape index (κ2) is 6.10. The van der Waals surface area contributed by atoms with E-state index in [1.54, 1.807) is 12.1 Å². The first-order chi connectivity index (χ1) is 8.66. The number of anilines is 1. The van der Waals surface area contributed by atoms with Crippen LogP contribution in [-0.2, 0) is 11.3 Å².